The summed E-state index contributed by atoms with van der Waals surface area (Å²) in [5, 5.41) is 5.53. The molecule has 8 rings (SSSR count). The highest BCUT2D eigenvalue weighted by Gasteiger charge is 2.56. The van der Waals surface area contributed by atoms with Gasteiger partial charge in [-0.15, -0.1) is 23.2 Å². The number of nitrogens with zero attached hydrogens (tertiary/aromatic N) is 3. The van der Waals surface area contributed by atoms with Crippen molar-refractivity contribution in [3.05, 3.63) is 215 Å². The maximum Gasteiger partial charge on any atom is 0.321 e. The Morgan fingerprint density at radius 3 is 1.32 bits per heavy atom. The first kappa shape index (κ1) is 58.2. The van der Waals surface area contributed by atoms with Crippen LogP contribution in [-0.4, -0.2) is 107 Å². The zero-order chi connectivity index (χ0) is 54.7. The van der Waals surface area contributed by atoms with Crippen molar-refractivity contribution < 1.29 is 56.6 Å². The minimum atomic E-state index is -3.31. The highest BCUT2D eigenvalue weighted by Crippen LogP contribution is 2.39. The average molecular weight is 1120 g/mol. The van der Waals surface area contributed by atoms with E-state index >= 15 is 0 Å². The van der Waals surface area contributed by atoms with E-state index in [0.29, 0.717) is 0 Å². The Morgan fingerprint density at radius 2 is 0.885 bits per heavy atom. The summed E-state index contributed by atoms with van der Waals surface area (Å²) >= 11 is 12.2. The van der Waals surface area contributed by atoms with Gasteiger partial charge in [0.1, 0.15) is 48.3 Å². The molecule has 15 nitrogen and oxygen atoms in total. The molecule has 0 aromatic heterocycles. The minimum Gasteiger partial charge on any atom is -0.457 e. The van der Waals surface area contributed by atoms with Crippen LogP contribution < -0.4 is 10.4 Å². The van der Waals surface area contributed by atoms with E-state index in [-0.39, 0.29) is 39.6 Å². The Kier molecular flexibility index (Phi) is 21.5. The highest BCUT2D eigenvalue weighted by atomic mass is 35.5. The fraction of sp³-hybridized carbons (Fsp3) is 0.367. The van der Waals surface area contributed by atoms with Crippen molar-refractivity contribution in [3.63, 3.8) is 0 Å². The van der Waals surface area contributed by atoms with Crippen LogP contribution in [0.1, 0.15) is 43.0 Å². The summed E-state index contributed by atoms with van der Waals surface area (Å²) in [4.78, 5) is 29.8. The smallest absolute Gasteiger partial charge is 0.321 e. The van der Waals surface area contributed by atoms with Gasteiger partial charge in [-0.3, -0.25) is 9.59 Å². The van der Waals surface area contributed by atoms with Crippen LogP contribution in [0, 0.1) is 0 Å². The molecule has 0 saturated carbocycles. The van der Waals surface area contributed by atoms with Gasteiger partial charge in [-0.25, -0.2) is 0 Å². The molecule has 6 aromatic carbocycles. The lowest BCUT2D eigenvalue weighted by Gasteiger charge is -2.48. The van der Waals surface area contributed by atoms with Crippen LogP contribution in [0.5, 0.6) is 0 Å². The number of benzene rings is 6. The highest BCUT2D eigenvalue weighted by molar-refractivity contribution is 6.99. The van der Waals surface area contributed by atoms with Crippen LogP contribution in [0.3, 0.4) is 0 Å². The van der Waals surface area contributed by atoms with E-state index in [1.165, 1.54) is 0 Å². The third-order valence-corrected chi connectivity index (χ3v) is 19.0. The Hall–Kier alpha value is -5.95. The molecule has 2 aliphatic rings. The maximum absolute atomic E-state index is 13.3. The molecule has 0 aliphatic carbocycles. The van der Waals surface area contributed by atoms with Gasteiger partial charge in [-0.1, -0.05) is 208 Å². The molecule has 2 heterocycles. The van der Waals surface area contributed by atoms with Crippen LogP contribution in [0.25, 0.3) is 10.4 Å². The molecular formula is C60H65Cl2N3O12Si. The summed E-state index contributed by atoms with van der Waals surface area (Å²) in [6.45, 7) is 6.49. The topological polar surface area (TPSA) is 175 Å². The number of halogens is 2. The first-order chi connectivity index (χ1) is 38.0. The standard InChI is InChI=1S/C60H65Cl2N3O12Si/c1-60(2,3)78(46-30-18-8-19-31-46,47-32-20-9-21-33-47)73-41-49-54(76-50(66)34-61)55(77-51(67)35-62)52(64-65-63)58(74-49)72-40-48-53(68-36-42-22-10-4-11-23-42)56(69-37-43-24-12-5-13-25-43)57(70-38-44-26-14-6-15-27-44)59(75-48)71-39-45-28-16-7-17-29-45/h4-33,48-49,52-59H,34-41H2,1-3H3/t48-,49-,52-,53-,54+,55-,56+,57-,58+,59-/m1/s1. The van der Waals surface area contributed by atoms with Crippen molar-refractivity contribution >= 4 is 53.8 Å². The molecule has 0 amide bonds. The number of carbonyl (C=O) groups is 2. The summed E-state index contributed by atoms with van der Waals surface area (Å²) in [6, 6.07) is 57.3. The number of alkyl halides is 2. The Bertz CT molecular complexity index is 2770. The molecule has 78 heavy (non-hydrogen) atoms. The SMILES string of the molecule is CC(C)(C)[Si](OC[C@H]1O[C@H](OC[C@H]2O[C@@H](OCc3ccccc3)[C@H](OCc3ccccc3)[C@@H](OCc3ccccc3)[C@@H]2OCc2ccccc2)[C@H](N=[N+]=[N-])[C@@H](OC(=O)CCl)[C@H]1OC(=O)CCl)(c1ccccc1)c1ccccc1. The van der Waals surface area contributed by atoms with Gasteiger partial charge < -0.3 is 47.1 Å². The van der Waals surface area contributed by atoms with E-state index in [9.17, 15) is 15.1 Å². The molecule has 0 N–H and O–H groups in total. The molecular weight excluding hydrogens is 1050 g/mol. The van der Waals surface area contributed by atoms with Crippen LogP contribution in [0.4, 0.5) is 0 Å². The zero-order valence-electron chi connectivity index (χ0n) is 43.7. The number of rotatable bonds is 25. The van der Waals surface area contributed by atoms with Crippen molar-refractivity contribution in [1.82, 2.24) is 0 Å². The van der Waals surface area contributed by atoms with Gasteiger partial charge in [0.05, 0.1) is 39.6 Å². The molecule has 2 fully saturated rings. The second-order valence-electron chi connectivity index (χ2n) is 19.8. The lowest BCUT2D eigenvalue weighted by Crippen LogP contribution is -2.68. The van der Waals surface area contributed by atoms with Crippen molar-refractivity contribution in [2.75, 3.05) is 25.0 Å². The normalized spacial score (nSPS) is 23.4. The number of hydrogen-bond acceptors (Lipinski definition) is 13. The number of hydrogen-bond donors (Lipinski definition) is 0. The largest absolute Gasteiger partial charge is 0.457 e. The number of ether oxygens (including phenoxy) is 9. The molecule has 0 radical (unpaired) electrons. The van der Waals surface area contributed by atoms with Gasteiger partial charge in [0, 0.05) is 4.91 Å². The monoisotopic (exact) mass is 1120 g/mol. The van der Waals surface area contributed by atoms with Crippen LogP contribution in [-0.2, 0) is 83.1 Å². The molecule has 6 aromatic rings. The lowest BCUT2D eigenvalue weighted by atomic mass is 9.96. The minimum absolute atomic E-state index is 0.143. The Balaban J connectivity index is 1.19. The van der Waals surface area contributed by atoms with E-state index < -0.39 is 98.4 Å². The summed E-state index contributed by atoms with van der Waals surface area (Å²) in [5.41, 5.74) is 13.8. The van der Waals surface area contributed by atoms with Crippen LogP contribution >= 0.6 is 23.2 Å². The summed E-state index contributed by atoms with van der Waals surface area (Å²) in [7, 11) is -3.31. The predicted octanol–water partition coefficient (Wildman–Crippen LogP) is 9.98. The van der Waals surface area contributed by atoms with Gasteiger partial charge in [0.15, 0.2) is 24.8 Å². The van der Waals surface area contributed by atoms with E-state index in [4.69, 9.17) is 70.3 Å². The molecule has 10 atom stereocenters. The molecule has 2 saturated heterocycles. The van der Waals surface area contributed by atoms with E-state index in [0.717, 1.165) is 32.6 Å². The molecule has 18 heteroatoms. The first-order valence-electron chi connectivity index (χ1n) is 25.9. The molecule has 0 spiro atoms. The third-order valence-electron chi connectivity index (χ3n) is 13.6. The second kappa shape index (κ2) is 28.8. The Morgan fingerprint density at radius 1 is 0.500 bits per heavy atom. The van der Waals surface area contributed by atoms with Crippen molar-refractivity contribution in [2.24, 2.45) is 5.11 Å². The molecule has 0 bridgehead atoms. The van der Waals surface area contributed by atoms with Gasteiger partial charge in [-0.05, 0) is 43.2 Å². The van der Waals surface area contributed by atoms with Crippen molar-refractivity contribution in [3.8, 4) is 0 Å². The van der Waals surface area contributed by atoms with Gasteiger partial charge in [-0.2, -0.15) is 0 Å². The summed E-state index contributed by atoms with van der Waals surface area (Å²) in [6.07, 6.45) is -10.4. The van der Waals surface area contributed by atoms with Gasteiger partial charge >= 0.3 is 11.9 Å². The molecule has 2 aliphatic heterocycles. The zero-order valence-corrected chi connectivity index (χ0v) is 46.3. The number of esters is 2. The second-order valence-corrected chi connectivity index (χ2v) is 24.7. The first-order valence-corrected chi connectivity index (χ1v) is 28.8. The summed E-state index contributed by atoms with van der Waals surface area (Å²) in [5.74, 6) is -2.87. The van der Waals surface area contributed by atoms with Gasteiger partial charge in [0.2, 0.25) is 0 Å². The summed E-state index contributed by atoms with van der Waals surface area (Å²) < 4.78 is 67.3. The lowest BCUT2D eigenvalue weighted by molar-refractivity contribution is -0.340. The van der Waals surface area contributed by atoms with Crippen molar-refractivity contribution in [1.29, 1.82) is 0 Å². The predicted molar refractivity (Wildman–Crippen MR) is 297 cm³/mol. The van der Waals surface area contributed by atoms with Crippen LogP contribution in [0.2, 0.25) is 5.04 Å². The molecule has 0 unspecified atom stereocenters. The third kappa shape index (κ3) is 15.0. The fourth-order valence-corrected chi connectivity index (χ4v) is 14.6. The number of carbonyl (C=O) groups excluding carboxylic acids is 2. The maximum atomic E-state index is 13.3. The molecule has 410 valence electrons. The fourth-order valence-electron chi connectivity index (χ4n) is 9.91. The van der Waals surface area contributed by atoms with Crippen LogP contribution in [0.15, 0.2) is 187 Å². The number of azide groups is 1. The van der Waals surface area contributed by atoms with E-state index in [1.807, 2.05) is 182 Å². The van der Waals surface area contributed by atoms with Gasteiger partial charge in [0.25, 0.3) is 8.32 Å². The van der Waals surface area contributed by atoms with E-state index in [2.05, 4.69) is 30.8 Å². The van der Waals surface area contributed by atoms with Crippen molar-refractivity contribution in [2.45, 2.75) is 114 Å². The van der Waals surface area contributed by atoms with E-state index in [1.54, 1.807) is 0 Å². The quantitative estimate of drug-likeness (QED) is 0.0133. The Labute approximate surface area is 466 Å². The average Bonchev–Trinajstić information content (AvgIpc) is 3.66.